The van der Waals surface area contributed by atoms with Gasteiger partial charge in [-0.05, 0) is 67.5 Å². The second-order valence-corrected chi connectivity index (χ2v) is 10.4. The van der Waals surface area contributed by atoms with Crippen molar-refractivity contribution < 1.29 is 19.7 Å². The quantitative estimate of drug-likeness (QED) is 0.383. The minimum atomic E-state index is -0.751. The molecule has 1 aliphatic rings. The van der Waals surface area contributed by atoms with Gasteiger partial charge in [0, 0.05) is 43.9 Å². The van der Waals surface area contributed by atoms with Gasteiger partial charge < -0.3 is 24.4 Å². The second-order valence-electron chi connectivity index (χ2n) is 9.27. The number of nitrogens with zero attached hydrogens (tertiary/aromatic N) is 4. The van der Waals surface area contributed by atoms with E-state index in [0.29, 0.717) is 6.42 Å². The average Bonchev–Trinajstić information content (AvgIpc) is 3.26. The van der Waals surface area contributed by atoms with Crippen LogP contribution in [0.25, 0.3) is 10.9 Å². The van der Waals surface area contributed by atoms with Crippen LogP contribution in [0.5, 0.6) is 5.75 Å². The van der Waals surface area contributed by atoms with Crippen molar-refractivity contribution in [1.29, 1.82) is 0 Å². The van der Waals surface area contributed by atoms with E-state index < -0.39 is 12.1 Å². The van der Waals surface area contributed by atoms with Gasteiger partial charge in [0.25, 0.3) is 0 Å². The predicted octanol–water partition coefficient (Wildman–Crippen LogP) is 4.00. The molecule has 3 atom stereocenters. The van der Waals surface area contributed by atoms with Crippen molar-refractivity contribution in [1.82, 2.24) is 19.4 Å². The highest BCUT2D eigenvalue weighted by Crippen LogP contribution is 2.35. The SMILES string of the molecule is COc1ccc2nccc(C(O)CCC3CCN(CCSc4cncn4C)CC3CC(=O)O)c2c1. The summed E-state index contributed by atoms with van der Waals surface area (Å²) in [5.41, 5.74) is 1.66. The fourth-order valence-electron chi connectivity index (χ4n) is 5.05. The number of ether oxygens (including phenoxy) is 1. The Morgan fingerprint density at radius 1 is 1.31 bits per heavy atom. The van der Waals surface area contributed by atoms with Crippen molar-refractivity contribution in [2.75, 3.05) is 32.5 Å². The second kappa shape index (κ2) is 11.9. The van der Waals surface area contributed by atoms with Gasteiger partial charge in [0.1, 0.15) is 5.75 Å². The van der Waals surface area contributed by atoms with Crippen LogP contribution in [0.3, 0.4) is 0 Å². The van der Waals surface area contributed by atoms with Gasteiger partial charge in [-0.25, -0.2) is 4.98 Å². The van der Waals surface area contributed by atoms with Gasteiger partial charge >= 0.3 is 5.97 Å². The van der Waals surface area contributed by atoms with E-state index >= 15 is 0 Å². The summed E-state index contributed by atoms with van der Waals surface area (Å²) in [4.78, 5) is 22.5. The zero-order valence-electron chi connectivity index (χ0n) is 20.3. The highest BCUT2D eigenvalue weighted by molar-refractivity contribution is 7.99. The third-order valence-corrected chi connectivity index (χ3v) is 8.07. The number of thioether (sulfide) groups is 1. The lowest BCUT2D eigenvalue weighted by molar-refractivity contribution is -0.139. The Balaban J connectivity index is 1.35. The van der Waals surface area contributed by atoms with Crippen molar-refractivity contribution in [3.05, 3.63) is 48.5 Å². The van der Waals surface area contributed by atoms with E-state index in [0.717, 1.165) is 65.5 Å². The Morgan fingerprint density at radius 2 is 2.17 bits per heavy atom. The number of aliphatic carboxylic acids is 1. The molecule has 0 bridgehead atoms. The van der Waals surface area contributed by atoms with Crippen LogP contribution in [0.1, 0.15) is 37.4 Å². The first-order valence-electron chi connectivity index (χ1n) is 12.1. The summed E-state index contributed by atoms with van der Waals surface area (Å²) in [6.45, 7) is 2.67. The third-order valence-electron chi connectivity index (χ3n) is 6.99. The lowest BCUT2D eigenvalue weighted by Crippen LogP contribution is -2.42. The molecule has 3 aromatic rings. The van der Waals surface area contributed by atoms with Crippen molar-refractivity contribution in [3.8, 4) is 5.75 Å². The Hall–Kier alpha value is -2.62. The van der Waals surface area contributed by atoms with Gasteiger partial charge in [0.2, 0.25) is 0 Å². The van der Waals surface area contributed by atoms with Gasteiger partial charge in [-0.15, -0.1) is 11.8 Å². The van der Waals surface area contributed by atoms with E-state index in [-0.39, 0.29) is 18.3 Å². The zero-order valence-corrected chi connectivity index (χ0v) is 21.2. The molecular formula is C26H34N4O4S. The first-order valence-corrected chi connectivity index (χ1v) is 13.1. The number of hydrogen-bond acceptors (Lipinski definition) is 7. The molecule has 0 radical (unpaired) electrons. The molecule has 1 aromatic carbocycles. The first kappa shape index (κ1) is 25.5. The monoisotopic (exact) mass is 498 g/mol. The highest BCUT2D eigenvalue weighted by Gasteiger charge is 2.31. The van der Waals surface area contributed by atoms with Gasteiger partial charge in [-0.2, -0.15) is 0 Å². The lowest BCUT2D eigenvalue weighted by Gasteiger charge is -2.38. The topological polar surface area (TPSA) is 101 Å². The minimum Gasteiger partial charge on any atom is -0.497 e. The van der Waals surface area contributed by atoms with Crippen LogP contribution >= 0.6 is 11.8 Å². The van der Waals surface area contributed by atoms with Crippen molar-refractivity contribution in [3.63, 3.8) is 0 Å². The smallest absolute Gasteiger partial charge is 0.303 e. The van der Waals surface area contributed by atoms with Crippen LogP contribution in [0.4, 0.5) is 0 Å². The summed E-state index contributed by atoms with van der Waals surface area (Å²) in [5, 5.41) is 22.6. The number of aliphatic hydroxyl groups is 1. The number of hydrogen-bond donors (Lipinski definition) is 2. The summed E-state index contributed by atoms with van der Waals surface area (Å²) in [6.07, 6.45) is 7.27. The van der Waals surface area contributed by atoms with Gasteiger partial charge in [-0.1, -0.05) is 0 Å². The molecule has 4 rings (SSSR count). The zero-order chi connectivity index (χ0) is 24.8. The highest BCUT2D eigenvalue weighted by atomic mass is 32.2. The van der Waals surface area contributed by atoms with E-state index in [2.05, 4.69) is 14.9 Å². The van der Waals surface area contributed by atoms with E-state index in [4.69, 9.17) is 4.74 Å². The fraction of sp³-hybridized carbons (Fsp3) is 0.500. The molecule has 3 unspecified atom stereocenters. The van der Waals surface area contributed by atoms with Gasteiger partial charge in [0.15, 0.2) is 0 Å². The number of imidazole rings is 1. The van der Waals surface area contributed by atoms with Crippen LogP contribution in [-0.4, -0.2) is 68.1 Å². The number of methoxy groups -OCH3 is 1. The molecular weight excluding hydrogens is 464 g/mol. The van der Waals surface area contributed by atoms with Crippen LogP contribution < -0.4 is 4.74 Å². The normalized spacial score (nSPS) is 19.6. The predicted molar refractivity (Wildman–Crippen MR) is 137 cm³/mol. The number of aromatic nitrogens is 3. The van der Waals surface area contributed by atoms with Gasteiger partial charge in [0.05, 0.1) is 36.3 Å². The van der Waals surface area contributed by atoms with Crippen molar-refractivity contribution >= 4 is 28.6 Å². The van der Waals surface area contributed by atoms with Crippen molar-refractivity contribution in [2.45, 2.75) is 36.8 Å². The standard InChI is InChI=1S/C26H34N4O4S/c1-29-17-27-15-25(29)35-12-11-30-10-8-18(19(16-30)13-26(32)33)3-6-24(31)21-7-9-28-23-5-4-20(34-2)14-22(21)23/h4-5,7,9,14-15,17-19,24,31H,3,6,8,10-13,16H2,1-2H3,(H,32,33). The maximum Gasteiger partial charge on any atom is 0.303 e. The molecule has 0 saturated carbocycles. The molecule has 188 valence electrons. The molecule has 0 spiro atoms. The minimum absolute atomic E-state index is 0.0874. The summed E-state index contributed by atoms with van der Waals surface area (Å²) >= 11 is 1.77. The summed E-state index contributed by atoms with van der Waals surface area (Å²) in [5.74, 6) is 1.29. The van der Waals surface area contributed by atoms with E-state index in [1.807, 2.05) is 42.1 Å². The summed E-state index contributed by atoms with van der Waals surface area (Å²) in [7, 11) is 3.61. The number of rotatable bonds is 11. The number of carbonyl (C=O) groups is 1. The molecule has 1 saturated heterocycles. The Morgan fingerprint density at radius 3 is 2.91 bits per heavy atom. The maximum atomic E-state index is 11.6. The molecule has 9 heteroatoms. The van der Waals surface area contributed by atoms with E-state index in [1.54, 1.807) is 31.4 Å². The number of piperidine rings is 1. The molecule has 3 heterocycles. The lowest BCUT2D eigenvalue weighted by atomic mass is 9.79. The van der Waals surface area contributed by atoms with E-state index in [1.165, 1.54) is 0 Å². The fourth-order valence-corrected chi connectivity index (χ4v) is 5.99. The van der Waals surface area contributed by atoms with Crippen LogP contribution in [-0.2, 0) is 11.8 Å². The number of carboxylic acid groups (broad SMARTS) is 1. The molecule has 2 aromatic heterocycles. The summed E-state index contributed by atoms with van der Waals surface area (Å²) < 4.78 is 7.36. The molecule has 0 aliphatic carbocycles. The average molecular weight is 499 g/mol. The Kier molecular flexibility index (Phi) is 8.64. The van der Waals surface area contributed by atoms with Crippen LogP contribution in [0, 0.1) is 11.8 Å². The molecule has 2 N–H and O–H groups in total. The number of likely N-dealkylation sites (tertiary alicyclic amines) is 1. The molecule has 0 amide bonds. The van der Waals surface area contributed by atoms with E-state index in [9.17, 15) is 15.0 Å². The molecule has 8 nitrogen and oxygen atoms in total. The number of benzene rings is 1. The van der Waals surface area contributed by atoms with Crippen molar-refractivity contribution in [2.24, 2.45) is 18.9 Å². The first-order chi connectivity index (χ1) is 16.9. The number of carboxylic acids is 1. The number of aliphatic hydroxyl groups excluding tert-OH is 1. The van der Waals surface area contributed by atoms with Gasteiger partial charge in [-0.3, -0.25) is 9.78 Å². The largest absolute Gasteiger partial charge is 0.497 e. The Labute approximate surface area is 210 Å². The number of fused-ring (bicyclic) bond motifs is 1. The molecule has 1 fully saturated rings. The number of pyridine rings is 1. The maximum absolute atomic E-state index is 11.6. The summed E-state index contributed by atoms with van der Waals surface area (Å²) in [6, 6.07) is 7.54. The van der Waals surface area contributed by atoms with Crippen LogP contribution in [0.15, 0.2) is 48.0 Å². The Bertz CT molecular complexity index is 1140. The number of aryl methyl sites for hydroxylation is 1. The van der Waals surface area contributed by atoms with Crippen LogP contribution in [0.2, 0.25) is 0 Å². The third kappa shape index (κ3) is 6.54. The molecule has 35 heavy (non-hydrogen) atoms. The molecule has 1 aliphatic heterocycles.